The Kier molecular flexibility index (Phi) is 3.26. The third-order valence-electron chi connectivity index (χ3n) is 0.713. The highest BCUT2D eigenvalue weighted by atomic mass is 28.2. The van der Waals surface area contributed by atoms with Gasteiger partial charge in [0.2, 0.25) is 0 Å². The molecule has 3 nitrogen and oxygen atoms in total. The molecule has 0 rings (SSSR count). The van der Waals surface area contributed by atoms with E-state index in [-0.39, 0.29) is 0 Å². The second-order valence-corrected chi connectivity index (χ2v) is 2.03. The lowest BCUT2D eigenvalue weighted by atomic mass is 10.5. The van der Waals surface area contributed by atoms with E-state index in [1.807, 2.05) is 6.92 Å². The first kappa shape index (κ1) is 7.49. The number of hydrogen-bond acceptors (Lipinski definition) is 1. The van der Waals surface area contributed by atoms with Crippen molar-refractivity contribution >= 4 is 16.4 Å². The zero-order chi connectivity index (χ0) is 6.57. The lowest BCUT2D eigenvalue weighted by Gasteiger charge is -2.10. The van der Waals surface area contributed by atoms with E-state index in [1.165, 1.54) is 4.57 Å². The highest BCUT2D eigenvalue weighted by Crippen LogP contribution is 1.81. The summed E-state index contributed by atoms with van der Waals surface area (Å²) < 4.78 is 1.29. The van der Waals surface area contributed by atoms with E-state index in [0.717, 1.165) is 6.42 Å². The van der Waals surface area contributed by atoms with Gasteiger partial charge in [-0.3, -0.25) is 0 Å². The topological polar surface area (TPSA) is 46.3 Å². The van der Waals surface area contributed by atoms with Crippen LogP contribution in [0.4, 0.5) is 4.79 Å². The minimum atomic E-state index is -0.441. The van der Waals surface area contributed by atoms with Gasteiger partial charge in [-0.15, -0.1) is 0 Å². The average molecular weight is 129 g/mol. The summed E-state index contributed by atoms with van der Waals surface area (Å²) in [6, 6.07) is -0.441. The molecule has 0 aromatic rings. The monoisotopic (exact) mass is 129 g/mol. The Morgan fingerprint density at radius 1 is 1.88 bits per heavy atom. The van der Waals surface area contributed by atoms with Crippen molar-refractivity contribution < 1.29 is 4.79 Å². The molecule has 2 N–H and O–H groups in total. The Morgan fingerprint density at radius 2 is 2.38 bits per heavy atom. The molecule has 0 aromatic carbocycles. The Hall–Kier alpha value is -0.513. The van der Waals surface area contributed by atoms with Gasteiger partial charge in [0.05, 0.1) is 0 Å². The summed E-state index contributed by atoms with van der Waals surface area (Å²) in [5.41, 5.74) is 4.86. The summed E-state index contributed by atoms with van der Waals surface area (Å²) in [6.45, 7) is 2.63. The summed E-state index contributed by atoms with van der Waals surface area (Å²) in [7, 11) is 3.01. The van der Waals surface area contributed by atoms with Gasteiger partial charge in [-0.2, -0.15) is 0 Å². The molecule has 0 aliphatic heterocycles. The van der Waals surface area contributed by atoms with Crippen LogP contribution in [-0.4, -0.2) is 27.5 Å². The number of carbonyl (C=O) groups excluding carboxylic acids is 1. The van der Waals surface area contributed by atoms with Crippen molar-refractivity contribution in [3.63, 3.8) is 0 Å². The first-order chi connectivity index (χ1) is 3.68. The summed E-state index contributed by atoms with van der Waals surface area (Å²) in [4.78, 5) is 10.2. The van der Waals surface area contributed by atoms with Crippen molar-refractivity contribution in [1.29, 1.82) is 0 Å². The minimum Gasteiger partial charge on any atom is -0.354 e. The SMILES string of the molecule is CCCN([Si])C(N)=O. The second-order valence-electron chi connectivity index (χ2n) is 1.49. The van der Waals surface area contributed by atoms with Crippen LogP contribution in [0.2, 0.25) is 0 Å². The van der Waals surface area contributed by atoms with Gasteiger partial charge < -0.3 is 10.3 Å². The van der Waals surface area contributed by atoms with Crippen LogP contribution < -0.4 is 5.73 Å². The molecule has 0 bridgehead atoms. The van der Waals surface area contributed by atoms with Crippen LogP contribution in [0.1, 0.15) is 13.3 Å². The molecule has 0 aliphatic carbocycles. The number of rotatable bonds is 2. The van der Waals surface area contributed by atoms with Crippen molar-refractivity contribution in [2.45, 2.75) is 13.3 Å². The highest BCUT2D eigenvalue weighted by Gasteiger charge is 1.97. The van der Waals surface area contributed by atoms with Crippen LogP contribution in [0.5, 0.6) is 0 Å². The molecule has 0 saturated carbocycles. The molecule has 0 spiro atoms. The van der Waals surface area contributed by atoms with Gasteiger partial charge in [0.25, 0.3) is 0 Å². The van der Waals surface area contributed by atoms with Crippen molar-refractivity contribution in [2.75, 3.05) is 6.54 Å². The molecule has 0 aromatic heterocycles. The molecule has 4 heteroatoms. The van der Waals surface area contributed by atoms with Crippen molar-refractivity contribution in [1.82, 2.24) is 4.57 Å². The molecule has 2 amide bonds. The van der Waals surface area contributed by atoms with Crippen LogP contribution in [0.3, 0.4) is 0 Å². The fourth-order valence-corrected chi connectivity index (χ4v) is 0.557. The predicted molar refractivity (Wildman–Crippen MR) is 32.3 cm³/mol. The number of hydrogen-bond donors (Lipinski definition) is 1. The van der Waals surface area contributed by atoms with Crippen molar-refractivity contribution in [3.05, 3.63) is 0 Å². The number of urea groups is 1. The first-order valence-electron chi connectivity index (χ1n) is 2.46. The van der Waals surface area contributed by atoms with E-state index in [2.05, 4.69) is 10.4 Å². The number of carbonyl (C=O) groups is 1. The largest absolute Gasteiger partial charge is 0.354 e. The molecule has 3 radical (unpaired) electrons. The summed E-state index contributed by atoms with van der Waals surface area (Å²) in [5.74, 6) is 0. The average Bonchev–Trinajstić information content (AvgIpc) is 1.67. The van der Waals surface area contributed by atoms with Crippen molar-refractivity contribution in [2.24, 2.45) is 5.73 Å². The highest BCUT2D eigenvalue weighted by molar-refractivity contribution is 6.13. The molecule has 8 heavy (non-hydrogen) atoms. The lowest BCUT2D eigenvalue weighted by molar-refractivity contribution is 0.233. The molecule has 0 atom stereocenters. The zero-order valence-electron chi connectivity index (χ0n) is 4.85. The van der Waals surface area contributed by atoms with E-state index in [0.29, 0.717) is 6.54 Å². The third kappa shape index (κ3) is 2.63. The van der Waals surface area contributed by atoms with Crippen molar-refractivity contribution in [3.8, 4) is 0 Å². The molecule has 0 heterocycles. The maximum absolute atomic E-state index is 10.2. The van der Waals surface area contributed by atoms with E-state index in [4.69, 9.17) is 5.73 Å². The first-order valence-corrected chi connectivity index (χ1v) is 2.91. The summed E-state index contributed by atoms with van der Waals surface area (Å²) >= 11 is 0. The van der Waals surface area contributed by atoms with E-state index in [9.17, 15) is 4.79 Å². The fourth-order valence-electron chi connectivity index (χ4n) is 0.334. The van der Waals surface area contributed by atoms with Gasteiger partial charge in [-0.25, -0.2) is 4.79 Å². The Morgan fingerprint density at radius 3 is 2.50 bits per heavy atom. The minimum absolute atomic E-state index is 0.441. The lowest BCUT2D eigenvalue weighted by Crippen LogP contribution is -2.33. The van der Waals surface area contributed by atoms with Gasteiger partial charge in [0, 0.05) is 6.54 Å². The van der Waals surface area contributed by atoms with Crippen LogP contribution in [-0.2, 0) is 0 Å². The number of nitrogens with two attached hydrogens (primary N) is 1. The maximum atomic E-state index is 10.2. The molecule has 0 unspecified atom stereocenters. The van der Waals surface area contributed by atoms with E-state index in [1.54, 1.807) is 0 Å². The maximum Gasteiger partial charge on any atom is 0.306 e. The van der Waals surface area contributed by atoms with Gasteiger partial charge in [0.1, 0.15) is 0 Å². The molecule has 45 valence electrons. The molecule has 0 fully saturated rings. The Labute approximate surface area is 52.3 Å². The standard InChI is InChI=1S/C4H9N2OSi/c1-2-3-6(8)4(5)7/h2-3H2,1H3,(H2,5,7). The smallest absolute Gasteiger partial charge is 0.306 e. The van der Waals surface area contributed by atoms with E-state index >= 15 is 0 Å². The molecular weight excluding hydrogens is 120 g/mol. The van der Waals surface area contributed by atoms with Crippen LogP contribution in [0, 0.1) is 0 Å². The van der Waals surface area contributed by atoms with Gasteiger partial charge in [0.15, 0.2) is 10.4 Å². The van der Waals surface area contributed by atoms with Gasteiger partial charge in [-0.05, 0) is 6.42 Å². The van der Waals surface area contributed by atoms with Crippen LogP contribution in [0.15, 0.2) is 0 Å². The zero-order valence-corrected chi connectivity index (χ0v) is 5.85. The Balaban J connectivity index is 3.32. The van der Waals surface area contributed by atoms with E-state index < -0.39 is 6.03 Å². The number of nitrogens with zero attached hydrogens (tertiary/aromatic N) is 1. The van der Waals surface area contributed by atoms with Gasteiger partial charge in [-0.1, -0.05) is 6.92 Å². The number of primary amides is 1. The molecular formula is C4H9N2OSi. The third-order valence-corrected chi connectivity index (χ3v) is 1.16. The molecule has 0 aliphatic rings. The van der Waals surface area contributed by atoms with Gasteiger partial charge >= 0.3 is 6.03 Å². The second kappa shape index (κ2) is 3.48. The molecule has 0 saturated heterocycles. The fraction of sp³-hybridized carbons (Fsp3) is 0.750. The van der Waals surface area contributed by atoms with Crippen LogP contribution >= 0.6 is 0 Å². The Bertz CT molecular complexity index is 86.1. The summed E-state index contributed by atoms with van der Waals surface area (Å²) in [5, 5.41) is 0. The number of amides is 2. The van der Waals surface area contributed by atoms with Crippen LogP contribution in [0.25, 0.3) is 0 Å². The normalized spacial score (nSPS) is 8.75. The quantitative estimate of drug-likeness (QED) is 0.518. The predicted octanol–water partition coefficient (Wildman–Crippen LogP) is -0.139. The summed E-state index contributed by atoms with van der Waals surface area (Å²) in [6.07, 6.45) is 0.909.